The molecule has 0 aliphatic heterocycles. The number of nitrogens with zero attached hydrogens (tertiary/aromatic N) is 1. The molecule has 1 heterocycles. The molecule has 3 rings (SSSR count). The molecule has 2 atom stereocenters. The molecule has 24 heavy (non-hydrogen) atoms. The van der Waals surface area contributed by atoms with Crippen molar-refractivity contribution in [3.8, 4) is 0 Å². The van der Waals surface area contributed by atoms with Crippen LogP contribution in [0.2, 0.25) is 0 Å². The first-order valence-electron chi connectivity index (χ1n) is 8.20. The molecule has 0 saturated heterocycles. The van der Waals surface area contributed by atoms with Crippen LogP contribution in [0.5, 0.6) is 0 Å². The van der Waals surface area contributed by atoms with Crippen LogP contribution in [-0.4, -0.2) is 22.7 Å². The van der Waals surface area contributed by atoms with Crippen molar-refractivity contribution in [2.75, 3.05) is 6.54 Å². The second-order valence-electron chi connectivity index (χ2n) is 6.61. The number of benzene rings is 1. The zero-order chi connectivity index (χ0) is 17.2. The van der Waals surface area contributed by atoms with Crippen LogP contribution < -0.4 is 10.6 Å². The second-order valence-corrected chi connectivity index (χ2v) is 7.50. The summed E-state index contributed by atoms with van der Waals surface area (Å²) in [5, 5.41) is 19.3. The first-order chi connectivity index (χ1) is 11.5. The van der Waals surface area contributed by atoms with Crippen molar-refractivity contribution in [1.29, 1.82) is 0 Å². The third-order valence-electron chi connectivity index (χ3n) is 4.27. The minimum Gasteiger partial charge on any atom is -0.384 e. The number of nitrogens with one attached hydrogen (secondary N) is 2. The molecule has 0 bridgehead atoms. The normalized spacial score (nSPS) is 17.8. The molecule has 3 N–H and O–H groups in total. The van der Waals surface area contributed by atoms with Crippen molar-refractivity contribution < 1.29 is 9.90 Å². The lowest BCUT2D eigenvalue weighted by Crippen LogP contribution is -2.44. The zero-order valence-electron chi connectivity index (χ0n) is 14.0. The average molecular weight is 345 g/mol. The van der Waals surface area contributed by atoms with Gasteiger partial charge in [-0.05, 0) is 38.2 Å². The predicted octanol–water partition coefficient (Wildman–Crippen LogP) is 3.11. The van der Waals surface area contributed by atoms with E-state index in [9.17, 15) is 9.90 Å². The molecule has 1 fully saturated rings. The van der Waals surface area contributed by atoms with Crippen molar-refractivity contribution in [2.45, 2.75) is 38.3 Å². The fourth-order valence-electron chi connectivity index (χ4n) is 2.67. The number of hydrogen-bond acceptors (Lipinski definition) is 4. The largest absolute Gasteiger partial charge is 0.384 e. The van der Waals surface area contributed by atoms with Gasteiger partial charge in [-0.25, -0.2) is 9.78 Å². The summed E-state index contributed by atoms with van der Waals surface area (Å²) in [5.41, 5.74) is 0.653. The maximum absolute atomic E-state index is 12.3. The van der Waals surface area contributed by atoms with E-state index in [2.05, 4.69) is 15.6 Å². The van der Waals surface area contributed by atoms with Gasteiger partial charge in [-0.3, -0.25) is 0 Å². The second kappa shape index (κ2) is 6.91. The van der Waals surface area contributed by atoms with Crippen LogP contribution in [0.1, 0.15) is 42.1 Å². The van der Waals surface area contributed by atoms with Gasteiger partial charge >= 0.3 is 6.03 Å². The third-order valence-corrected chi connectivity index (χ3v) is 5.32. The summed E-state index contributed by atoms with van der Waals surface area (Å²) in [4.78, 5) is 16.8. The Morgan fingerprint density at radius 1 is 1.42 bits per heavy atom. The van der Waals surface area contributed by atoms with Crippen molar-refractivity contribution >= 4 is 17.4 Å². The van der Waals surface area contributed by atoms with Gasteiger partial charge in [-0.15, -0.1) is 11.3 Å². The Morgan fingerprint density at radius 3 is 2.71 bits per heavy atom. The van der Waals surface area contributed by atoms with Gasteiger partial charge < -0.3 is 15.7 Å². The van der Waals surface area contributed by atoms with E-state index in [-0.39, 0.29) is 18.6 Å². The van der Waals surface area contributed by atoms with Crippen LogP contribution >= 0.6 is 11.3 Å². The Hall–Kier alpha value is -1.92. The number of urea groups is 1. The lowest BCUT2D eigenvalue weighted by atomic mass is 9.96. The van der Waals surface area contributed by atoms with Crippen LogP contribution in [0, 0.1) is 12.8 Å². The standard InChI is InChI=1S/C18H23N3O2S/c1-12-10-24-16(20-12)15(13-8-9-13)21-17(22)19-11-18(2,23)14-6-4-3-5-7-14/h3-7,10,13,15,23H,8-9,11H2,1-2H3,(H2,19,21,22)/t15-,18-/m1/s1. The van der Waals surface area contributed by atoms with Crippen LogP contribution in [0.4, 0.5) is 4.79 Å². The zero-order valence-corrected chi connectivity index (χ0v) is 14.8. The summed E-state index contributed by atoms with van der Waals surface area (Å²) in [7, 11) is 0. The Bertz CT molecular complexity index is 695. The van der Waals surface area contributed by atoms with Crippen molar-refractivity contribution in [3.05, 3.63) is 52.0 Å². The van der Waals surface area contributed by atoms with E-state index in [0.717, 1.165) is 29.1 Å². The lowest BCUT2D eigenvalue weighted by molar-refractivity contribution is 0.0592. The molecular weight excluding hydrogens is 322 g/mol. The van der Waals surface area contributed by atoms with E-state index in [0.29, 0.717) is 5.92 Å². The number of aliphatic hydroxyl groups is 1. The monoisotopic (exact) mass is 345 g/mol. The number of rotatable bonds is 6. The number of aryl methyl sites for hydroxylation is 1. The van der Waals surface area contributed by atoms with E-state index >= 15 is 0 Å². The van der Waals surface area contributed by atoms with Crippen LogP contribution in [-0.2, 0) is 5.60 Å². The fourth-order valence-corrected chi connectivity index (χ4v) is 3.61. The molecule has 1 saturated carbocycles. The Labute approximate surface area is 146 Å². The van der Waals surface area contributed by atoms with E-state index in [1.807, 2.05) is 42.6 Å². The number of hydrogen-bond donors (Lipinski definition) is 3. The van der Waals surface area contributed by atoms with Crippen molar-refractivity contribution in [1.82, 2.24) is 15.6 Å². The predicted molar refractivity (Wildman–Crippen MR) is 94.9 cm³/mol. The first kappa shape index (κ1) is 16.9. The summed E-state index contributed by atoms with van der Waals surface area (Å²) in [5.74, 6) is 0.468. The maximum atomic E-state index is 12.3. The van der Waals surface area contributed by atoms with Gasteiger partial charge in [0.15, 0.2) is 0 Å². The Morgan fingerprint density at radius 2 is 2.12 bits per heavy atom. The highest BCUT2D eigenvalue weighted by Gasteiger charge is 2.35. The number of amides is 2. The molecule has 0 radical (unpaired) electrons. The molecular formula is C18H23N3O2S. The van der Waals surface area contributed by atoms with Crippen LogP contribution in [0.25, 0.3) is 0 Å². The molecule has 1 aliphatic rings. The summed E-state index contributed by atoms with van der Waals surface area (Å²) >= 11 is 1.59. The molecule has 128 valence electrons. The minimum atomic E-state index is -1.11. The lowest BCUT2D eigenvalue weighted by Gasteiger charge is -2.25. The maximum Gasteiger partial charge on any atom is 0.315 e. The molecule has 2 amide bonds. The van der Waals surface area contributed by atoms with Gasteiger partial charge in [0.1, 0.15) is 10.6 Å². The topological polar surface area (TPSA) is 74.2 Å². The molecule has 1 aromatic heterocycles. The van der Waals surface area contributed by atoms with Gasteiger partial charge in [-0.2, -0.15) is 0 Å². The molecule has 5 nitrogen and oxygen atoms in total. The highest BCUT2D eigenvalue weighted by molar-refractivity contribution is 7.09. The van der Waals surface area contributed by atoms with Gasteiger partial charge in [-0.1, -0.05) is 30.3 Å². The highest BCUT2D eigenvalue weighted by Crippen LogP contribution is 2.41. The van der Waals surface area contributed by atoms with Gasteiger partial charge in [0, 0.05) is 11.1 Å². The SMILES string of the molecule is Cc1csc([C@H](NC(=O)NC[C@@](C)(O)c2ccccc2)C2CC2)n1. The molecule has 0 unspecified atom stereocenters. The summed E-state index contributed by atoms with van der Waals surface area (Å²) < 4.78 is 0. The van der Waals surface area contributed by atoms with Gasteiger partial charge in [0.25, 0.3) is 0 Å². The van der Waals surface area contributed by atoms with Crippen LogP contribution in [0.3, 0.4) is 0 Å². The molecule has 2 aromatic rings. The quantitative estimate of drug-likeness (QED) is 0.753. The highest BCUT2D eigenvalue weighted by atomic mass is 32.1. The number of thiazole rings is 1. The summed E-state index contributed by atoms with van der Waals surface area (Å²) in [6.45, 7) is 3.81. The van der Waals surface area contributed by atoms with E-state index in [1.165, 1.54) is 0 Å². The van der Waals surface area contributed by atoms with Gasteiger partial charge in [0.2, 0.25) is 0 Å². The average Bonchev–Trinajstić information content (AvgIpc) is 3.33. The smallest absolute Gasteiger partial charge is 0.315 e. The minimum absolute atomic E-state index is 0.0367. The first-order valence-corrected chi connectivity index (χ1v) is 9.08. The molecule has 0 spiro atoms. The van der Waals surface area contributed by atoms with Crippen LogP contribution in [0.15, 0.2) is 35.7 Å². The molecule has 1 aliphatic carbocycles. The summed E-state index contributed by atoms with van der Waals surface area (Å²) in [6.07, 6.45) is 2.23. The number of aromatic nitrogens is 1. The van der Waals surface area contributed by atoms with Crippen molar-refractivity contribution in [2.24, 2.45) is 5.92 Å². The van der Waals surface area contributed by atoms with E-state index in [1.54, 1.807) is 18.3 Å². The number of carbonyl (C=O) groups excluding carboxylic acids is 1. The summed E-state index contributed by atoms with van der Waals surface area (Å²) in [6, 6.07) is 9.04. The van der Waals surface area contributed by atoms with E-state index in [4.69, 9.17) is 0 Å². The molecule has 1 aromatic carbocycles. The van der Waals surface area contributed by atoms with Crippen molar-refractivity contribution in [3.63, 3.8) is 0 Å². The van der Waals surface area contributed by atoms with Gasteiger partial charge in [0.05, 0.1) is 12.6 Å². The molecule has 6 heteroatoms. The fraction of sp³-hybridized carbons (Fsp3) is 0.444. The third kappa shape index (κ3) is 4.13. The Kier molecular flexibility index (Phi) is 4.87. The number of carbonyl (C=O) groups is 1. The van der Waals surface area contributed by atoms with E-state index < -0.39 is 5.60 Å². The Balaban J connectivity index is 1.58.